The molecule has 0 aromatic rings. The smallest absolute Gasteiger partial charge is 0.309 e. The van der Waals surface area contributed by atoms with Gasteiger partial charge in [0.15, 0.2) is 0 Å². The monoisotopic (exact) mass is 344 g/mol. The van der Waals surface area contributed by atoms with Crippen molar-refractivity contribution < 1.29 is 18.3 Å². The van der Waals surface area contributed by atoms with Gasteiger partial charge in [-0.25, -0.2) is 8.78 Å². The number of halogens is 2. The molecule has 2 rings (SSSR count). The Kier molecular flexibility index (Phi) is 8.48. The van der Waals surface area contributed by atoms with Crippen molar-refractivity contribution in [2.24, 2.45) is 11.8 Å². The van der Waals surface area contributed by atoms with Crippen molar-refractivity contribution in [2.75, 3.05) is 0 Å². The summed E-state index contributed by atoms with van der Waals surface area (Å²) in [5.74, 6) is 0.557. The number of alkyl halides is 2. The van der Waals surface area contributed by atoms with Crippen LogP contribution in [0.4, 0.5) is 8.78 Å². The van der Waals surface area contributed by atoms with Gasteiger partial charge in [0.2, 0.25) is 0 Å². The lowest BCUT2D eigenvalue weighted by atomic mass is 9.79. The van der Waals surface area contributed by atoms with E-state index in [9.17, 15) is 13.6 Å². The Bertz CT molecular complexity index is 367. The zero-order valence-corrected chi connectivity index (χ0v) is 15.2. The minimum atomic E-state index is -1.47. The van der Waals surface area contributed by atoms with Gasteiger partial charge >= 0.3 is 5.97 Å². The fraction of sp³-hybridized carbons (Fsp3) is 0.950. The van der Waals surface area contributed by atoms with Crippen molar-refractivity contribution in [3.8, 4) is 0 Å². The Labute approximate surface area is 145 Å². The molecule has 0 radical (unpaired) electrons. The number of esters is 1. The van der Waals surface area contributed by atoms with Crippen LogP contribution in [0.5, 0.6) is 0 Å². The third-order valence-electron chi connectivity index (χ3n) is 5.82. The Morgan fingerprint density at radius 1 is 0.917 bits per heavy atom. The quantitative estimate of drug-likeness (QED) is 0.403. The first-order chi connectivity index (χ1) is 11.6. The highest BCUT2D eigenvalue weighted by molar-refractivity contribution is 5.72. The lowest BCUT2D eigenvalue weighted by Crippen LogP contribution is -2.35. The molecule has 0 heterocycles. The number of hydrogen-bond acceptors (Lipinski definition) is 2. The van der Waals surface area contributed by atoms with Crippen molar-refractivity contribution in [3.05, 3.63) is 0 Å². The molecule has 0 saturated heterocycles. The molecule has 2 aliphatic rings. The van der Waals surface area contributed by atoms with Crippen LogP contribution in [0, 0.1) is 11.8 Å². The van der Waals surface area contributed by atoms with Crippen LogP contribution in [0.15, 0.2) is 0 Å². The molecule has 0 aromatic carbocycles. The summed E-state index contributed by atoms with van der Waals surface area (Å²) in [7, 11) is 0. The molecule has 0 amide bonds. The predicted octanol–water partition coefficient (Wildman–Crippen LogP) is 5.93. The largest absolute Gasteiger partial charge is 0.462 e. The first-order valence-electron chi connectivity index (χ1n) is 10.1. The maximum atomic E-state index is 13.4. The van der Waals surface area contributed by atoms with E-state index in [2.05, 4.69) is 6.92 Å². The molecule has 2 aliphatic carbocycles. The van der Waals surface area contributed by atoms with Gasteiger partial charge in [-0.15, -0.1) is 0 Å². The fourth-order valence-corrected chi connectivity index (χ4v) is 4.13. The average Bonchev–Trinajstić information content (AvgIpc) is 2.58. The second-order valence-electron chi connectivity index (χ2n) is 7.82. The summed E-state index contributed by atoms with van der Waals surface area (Å²) < 4.78 is 32.0. The standard InChI is InChI=1S/C20H34F2O2/c1-2-3-4-5-6-7-15-8-10-16(11-9-15)20(23)24-17-12-13-18(21)19(22)14-17/h15-19H,2-14H2,1H3. The number of carbonyl (C=O) groups excluding carboxylic acids is 1. The van der Waals surface area contributed by atoms with E-state index in [-0.39, 0.29) is 24.7 Å². The van der Waals surface area contributed by atoms with Gasteiger partial charge < -0.3 is 4.74 Å². The Hall–Kier alpha value is -0.670. The van der Waals surface area contributed by atoms with Gasteiger partial charge in [-0.2, -0.15) is 0 Å². The van der Waals surface area contributed by atoms with Crippen LogP contribution in [0.2, 0.25) is 0 Å². The minimum Gasteiger partial charge on any atom is -0.462 e. The Balaban J connectivity index is 1.60. The molecular formula is C20H34F2O2. The van der Waals surface area contributed by atoms with Crippen molar-refractivity contribution in [3.63, 3.8) is 0 Å². The summed E-state index contributed by atoms with van der Waals surface area (Å²) in [6.07, 6.45) is 9.28. The topological polar surface area (TPSA) is 26.3 Å². The number of unbranched alkanes of at least 4 members (excludes halogenated alkanes) is 4. The molecule has 0 bridgehead atoms. The maximum Gasteiger partial charge on any atom is 0.309 e. The summed E-state index contributed by atoms with van der Waals surface area (Å²) in [5, 5.41) is 0. The van der Waals surface area contributed by atoms with E-state index >= 15 is 0 Å². The van der Waals surface area contributed by atoms with E-state index in [4.69, 9.17) is 4.74 Å². The van der Waals surface area contributed by atoms with Crippen molar-refractivity contribution >= 4 is 5.97 Å². The van der Waals surface area contributed by atoms with Gasteiger partial charge in [0.25, 0.3) is 0 Å². The summed E-state index contributed by atoms with van der Waals surface area (Å²) in [6.45, 7) is 2.23. The SMILES string of the molecule is CCCCCCCC1CCC(C(=O)OC2CCC(F)C(F)C2)CC1. The molecule has 0 aromatic heterocycles. The van der Waals surface area contributed by atoms with Gasteiger partial charge in [0, 0.05) is 6.42 Å². The highest BCUT2D eigenvalue weighted by Gasteiger charge is 2.34. The van der Waals surface area contributed by atoms with Gasteiger partial charge in [-0.05, 0) is 44.4 Å². The third-order valence-corrected chi connectivity index (χ3v) is 5.82. The van der Waals surface area contributed by atoms with Crippen LogP contribution in [-0.2, 0) is 9.53 Å². The highest BCUT2D eigenvalue weighted by Crippen LogP contribution is 2.34. The second kappa shape index (κ2) is 10.4. The van der Waals surface area contributed by atoms with Crippen LogP contribution >= 0.6 is 0 Å². The average molecular weight is 344 g/mol. The van der Waals surface area contributed by atoms with Crippen LogP contribution in [0.1, 0.15) is 90.4 Å². The fourth-order valence-electron chi connectivity index (χ4n) is 4.13. The number of ether oxygens (including phenoxy) is 1. The van der Waals surface area contributed by atoms with Gasteiger partial charge in [-0.1, -0.05) is 45.4 Å². The summed E-state index contributed by atoms with van der Waals surface area (Å²) >= 11 is 0. The van der Waals surface area contributed by atoms with Crippen LogP contribution in [0.25, 0.3) is 0 Å². The molecule has 0 spiro atoms. The van der Waals surface area contributed by atoms with Crippen LogP contribution < -0.4 is 0 Å². The number of rotatable bonds is 8. The van der Waals surface area contributed by atoms with Gasteiger partial charge in [0.1, 0.15) is 18.4 Å². The molecule has 24 heavy (non-hydrogen) atoms. The molecule has 0 aliphatic heterocycles. The van der Waals surface area contributed by atoms with Crippen molar-refractivity contribution in [1.82, 2.24) is 0 Å². The van der Waals surface area contributed by atoms with E-state index in [1.807, 2.05) is 0 Å². The molecule has 0 N–H and O–H groups in total. The van der Waals surface area contributed by atoms with Crippen molar-refractivity contribution in [2.45, 2.75) is 109 Å². The zero-order valence-electron chi connectivity index (χ0n) is 15.2. The van der Waals surface area contributed by atoms with E-state index in [0.717, 1.165) is 31.6 Å². The molecule has 3 atom stereocenters. The van der Waals surface area contributed by atoms with Crippen LogP contribution in [0.3, 0.4) is 0 Å². The number of hydrogen-bond donors (Lipinski definition) is 0. The van der Waals surface area contributed by atoms with Crippen LogP contribution in [-0.4, -0.2) is 24.4 Å². The summed E-state index contributed by atoms with van der Waals surface area (Å²) in [4.78, 5) is 12.3. The maximum absolute atomic E-state index is 13.4. The first kappa shape index (κ1) is 19.7. The molecule has 2 saturated carbocycles. The third kappa shape index (κ3) is 6.33. The van der Waals surface area contributed by atoms with E-state index < -0.39 is 18.4 Å². The van der Waals surface area contributed by atoms with Gasteiger partial charge in [0.05, 0.1) is 5.92 Å². The Morgan fingerprint density at radius 2 is 1.62 bits per heavy atom. The predicted molar refractivity (Wildman–Crippen MR) is 92.3 cm³/mol. The molecule has 3 unspecified atom stereocenters. The normalized spacial score (nSPS) is 34.0. The second-order valence-corrected chi connectivity index (χ2v) is 7.82. The minimum absolute atomic E-state index is 0.0255. The Morgan fingerprint density at radius 3 is 2.29 bits per heavy atom. The molecule has 140 valence electrons. The van der Waals surface area contributed by atoms with E-state index in [1.54, 1.807) is 0 Å². The lowest BCUT2D eigenvalue weighted by Gasteiger charge is -2.31. The number of carbonyl (C=O) groups is 1. The highest BCUT2D eigenvalue weighted by atomic mass is 19.2. The molecular weight excluding hydrogens is 310 g/mol. The zero-order chi connectivity index (χ0) is 17.4. The van der Waals surface area contributed by atoms with E-state index in [1.165, 1.54) is 38.5 Å². The van der Waals surface area contributed by atoms with E-state index in [0.29, 0.717) is 6.42 Å². The van der Waals surface area contributed by atoms with Gasteiger partial charge in [-0.3, -0.25) is 4.79 Å². The molecule has 2 nitrogen and oxygen atoms in total. The summed E-state index contributed by atoms with van der Waals surface area (Å²) in [5.41, 5.74) is 0. The molecule has 2 fully saturated rings. The molecule has 4 heteroatoms. The van der Waals surface area contributed by atoms with Crippen molar-refractivity contribution in [1.29, 1.82) is 0 Å². The first-order valence-corrected chi connectivity index (χ1v) is 10.1. The summed E-state index contributed by atoms with van der Waals surface area (Å²) in [6, 6.07) is 0. The lowest BCUT2D eigenvalue weighted by molar-refractivity contribution is -0.159.